The molecule has 37 heavy (non-hydrogen) atoms. The van der Waals surface area contributed by atoms with Crippen LogP contribution in [0.25, 0.3) is 11.1 Å². The molecule has 0 atom stereocenters. The number of rotatable bonds is 9. The molecule has 4 nitrogen and oxygen atoms in total. The summed E-state index contributed by atoms with van der Waals surface area (Å²) in [5.74, 6) is 0. The smallest absolute Gasteiger partial charge is 0.744 e. The number of benzene rings is 2. The van der Waals surface area contributed by atoms with Gasteiger partial charge in [-0.15, -0.1) is 0 Å². The molecular formula is C30H44NaO4PS. The van der Waals surface area contributed by atoms with Crippen molar-refractivity contribution in [3.8, 4) is 11.1 Å². The van der Waals surface area contributed by atoms with Gasteiger partial charge in [-0.3, -0.25) is 0 Å². The van der Waals surface area contributed by atoms with Gasteiger partial charge in [0.25, 0.3) is 0 Å². The maximum atomic E-state index is 12.0. The third kappa shape index (κ3) is 8.13. The Morgan fingerprint density at radius 3 is 1.70 bits per heavy atom. The van der Waals surface area contributed by atoms with Crippen LogP contribution in [0.2, 0.25) is 0 Å². The first-order chi connectivity index (χ1) is 16.9. The van der Waals surface area contributed by atoms with Crippen LogP contribution in [0.1, 0.15) is 102 Å². The molecule has 0 aromatic heterocycles. The quantitative estimate of drug-likeness (QED) is 0.265. The average molecular weight is 555 g/mol. The molecule has 0 amide bonds. The zero-order valence-corrected chi connectivity index (χ0v) is 26.8. The van der Waals surface area contributed by atoms with Crippen LogP contribution < -0.4 is 34.9 Å². The van der Waals surface area contributed by atoms with Crippen molar-refractivity contribution in [2.45, 2.75) is 120 Å². The minimum absolute atomic E-state index is 0. The Bertz CT molecular complexity index is 1050. The first kappa shape index (κ1) is 32.9. The van der Waals surface area contributed by atoms with Crippen molar-refractivity contribution in [1.29, 1.82) is 0 Å². The fraction of sp³-hybridized carbons (Fsp3) is 0.600. The number of aryl methyl sites for hydroxylation is 2. The zero-order valence-electron chi connectivity index (χ0n) is 23.1. The van der Waals surface area contributed by atoms with Gasteiger partial charge in [-0.2, -0.15) is 0 Å². The molecule has 0 aliphatic heterocycles. The van der Waals surface area contributed by atoms with E-state index in [1.165, 1.54) is 80.6 Å². The van der Waals surface area contributed by atoms with Crippen LogP contribution in [-0.2, 0) is 23.0 Å². The molecule has 7 heteroatoms. The van der Waals surface area contributed by atoms with Crippen molar-refractivity contribution in [2.75, 3.05) is 0 Å². The van der Waals surface area contributed by atoms with Gasteiger partial charge in [-0.05, 0) is 89.5 Å². The molecule has 2 aliphatic rings. The molecule has 0 spiro atoms. The summed E-state index contributed by atoms with van der Waals surface area (Å²) in [5.41, 5.74) is 6.19. The second-order valence-corrected chi connectivity index (χ2v) is 14.7. The zero-order chi connectivity index (χ0) is 24.8. The van der Waals surface area contributed by atoms with Gasteiger partial charge in [0.2, 0.25) is 0 Å². The summed E-state index contributed by atoms with van der Waals surface area (Å²) in [5, 5.41) is 1.54. The van der Waals surface area contributed by atoms with Crippen LogP contribution in [0, 0.1) is 0 Å². The van der Waals surface area contributed by atoms with E-state index in [-0.39, 0.29) is 47.9 Å². The first-order valence-corrected chi connectivity index (χ1v) is 16.8. The van der Waals surface area contributed by atoms with E-state index in [2.05, 4.69) is 38.1 Å². The van der Waals surface area contributed by atoms with E-state index < -0.39 is 10.1 Å². The third-order valence-corrected chi connectivity index (χ3v) is 12.4. The van der Waals surface area contributed by atoms with E-state index in [0.29, 0.717) is 0 Å². The maximum Gasteiger partial charge on any atom is 1.00 e. The van der Waals surface area contributed by atoms with Crippen molar-refractivity contribution in [2.24, 2.45) is 0 Å². The van der Waals surface area contributed by atoms with E-state index in [1.807, 2.05) is 0 Å². The second-order valence-electron chi connectivity index (χ2n) is 10.6. The van der Waals surface area contributed by atoms with Crippen LogP contribution >= 0.6 is 7.92 Å². The SMILES string of the molecule is CCCc1cc(S(=O)(=O)[O-])cc(CCC)c1-c1ccccc1P(C1CCCCC1)C1CCCCC1.O.[Na+]. The molecule has 0 saturated heterocycles. The number of hydrogen-bond acceptors (Lipinski definition) is 3. The third-order valence-electron chi connectivity index (χ3n) is 7.99. The van der Waals surface area contributed by atoms with Gasteiger partial charge in [-0.1, -0.05) is 97.4 Å². The molecule has 2 N–H and O–H groups in total. The van der Waals surface area contributed by atoms with Gasteiger partial charge in [0.1, 0.15) is 10.1 Å². The molecule has 0 heterocycles. The summed E-state index contributed by atoms with van der Waals surface area (Å²) in [6, 6.07) is 12.4. The van der Waals surface area contributed by atoms with Gasteiger partial charge in [0.15, 0.2) is 0 Å². The molecule has 2 aliphatic carbocycles. The van der Waals surface area contributed by atoms with Crippen LogP contribution in [0.15, 0.2) is 41.3 Å². The minimum atomic E-state index is -4.49. The van der Waals surface area contributed by atoms with E-state index in [9.17, 15) is 13.0 Å². The Morgan fingerprint density at radius 2 is 1.27 bits per heavy atom. The Hall–Kier alpha value is -0.260. The molecule has 2 aromatic rings. The fourth-order valence-corrected chi connectivity index (χ4v) is 11.0. The summed E-state index contributed by atoms with van der Waals surface area (Å²) in [6.07, 6.45) is 17.0. The van der Waals surface area contributed by atoms with E-state index in [4.69, 9.17) is 0 Å². The molecule has 0 unspecified atom stereocenters. The summed E-state index contributed by atoms with van der Waals surface area (Å²) in [7, 11) is -4.78. The first-order valence-electron chi connectivity index (χ1n) is 13.9. The average Bonchev–Trinajstić information content (AvgIpc) is 2.86. The molecule has 2 saturated carbocycles. The van der Waals surface area contributed by atoms with E-state index in [0.717, 1.165) is 48.1 Å². The van der Waals surface area contributed by atoms with Crippen LogP contribution in [0.3, 0.4) is 0 Å². The van der Waals surface area contributed by atoms with Gasteiger partial charge in [0.05, 0.1) is 4.90 Å². The second kappa shape index (κ2) is 15.5. The molecule has 200 valence electrons. The molecule has 2 fully saturated rings. The summed E-state index contributed by atoms with van der Waals surface area (Å²) in [4.78, 5) is -0.0625. The van der Waals surface area contributed by atoms with Crippen molar-refractivity contribution in [3.63, 3.8) is 0 Å². The standard InChI is InChI=1S/C30H43O3PS.Na.H2O/c1-3-13-23-21-27(35(31,32)33)22-24(14-4-2)30(23)28-19-11-12-20-29(28)34(25-15-7-5-8-16-25)26-17-9-6-10-18-26;;/h11-12,19-22,25-26H,3-10,13-18H2,1-2H3,(H,31,32,33);;1H2/q;+1;/p-1. The van der Waals surface area contributed by atoms with Gasteiger partial charge in [-0.25, -0.2) is 8.42 Å². The monoisotopic (exact) mass is 554 g/mol. The van der Waals surface area contributed by atoms with E-state index >= 15 is 0 Å². The number of hydrogen-bond donors (Lipinski definition) is 0. The predicted octanol–water partition coefficient (Wildman–Crippen LogP) is 4.11. The summed E-state index contributed by atoms with van der Waals surface area (Å²) < 4.78 is 36.1. The minimum Gasteiger partial charge on any atom is -0.744 e. The largest absolute Gasteiger partial charge is 1.00 e. The molecule has 2 aromatic carbocycles. The van der Waals surface area contributed by atoms with E-state index in [1.54, 1.807) is 12.1 Å². The topological polar surface area (TPSA) is 88.7 Å². The van der Waals surface area contributed by atoms with Crippen LogP contribution in [0.4, 0.5) is 0 Å². The fourth-order valence-electron chi connectivity index (χ4n) is 6.48. The van der Waals surface area contributed by atoms with Gasteiger partial charge < -0.3 is 10.0 Å². The maximum absolute atomic E-state index is 12.0. The van der Waals surface area contributed by atoms with Crippen molar-refractivity contribution in [1.82, 2.24) is 0 Å². The normalized spacial score (nSPS) is 17.3. The summed E-state index contributed by atoms with van der Waals surface area (Å²) in [6.45, 7) is 4.26. The van der Waals surface area contributed by atoms with Crippen molar-refractivity contribution < 1.29 is 48.0 Å². The molecule has 4 rings (SSSR count). The molecular weight excluding hydrogens is 510 g/mol. The molecule has 0 bridgehead atoms. The molecule has 0 radical (unpaired) electrons. The van der Waals surface area contributed by atoms with Gasteiger partial charge in [0, 0.05) is 0 Å². The Balaban J connectivity index is 0.00000241. The van der Waals surface area contributed by atoms with Crippen LogP contribution in [-0.4, -0.2) is 29.8 Å². The Labute approximate surface area is 248 Å². The van der Waals surface area contributed by atoms with Gasteiger partial charge >= 0.3 is 29.6 Å². The van der Waals surface area contributed by atoms with Crippen molar-refractivity contribution >= 4 is 23.3 Å². The Morgan fingerprint density at radius 1 is 0.811 bits per heavy atom. The van der Waals surface area contributed by atoms with Crippen LogP contribution in [0.5, 0.6) is 0 Å². The Kier molecular flexibility index (Phi) is 13.8. The van der Waals surface area contributed by atoms with Crippen molar-refractivity contribution in [3.05, 3.63) is 47.5 Å². The summed E-state index contributed by atoms with van der Waals surface area (Å²) >= 11 is 0. The predicted molar refractivity (Wildman–Crippen MR) is 152 cm³/mol.